The topological polar surface area (TPSA) is 39.1 Å². The molecule has 1 N–H and O–H groups in total. The van der Waals surface area contributed by atoms with E-state index in [0.717, 1.165) is 12.2 Å². The maximum absolute atomic E-state index is 5.19. The number of methoxy groups -OCH3 is 1. The van der Waals surface area contributed by atoms with Crippen LogP contribution in [0.15, 0.2) is 43.0 Å². The summed E-state index contributed by atoms with van der Waals surface area (Å²) >= 11 is 0. The van der Waals surface area contributed by atoms with Crippen LogP contribution in [-0.4, -0.2) is 28.8 Å². The predicted octanol–water partition coefficient (Wildman–Crippen LogP) is 2.39. The Hall–Kier alpha value is -1.65. The molecular formula is C15H21N3O. The lowest BCUT2D eigenvalue weighted by atomic mass is 10.1. The van der Waals surface area contributed by atoms with E-state index in [-0.39, 0.29) is 5.54 Å². The SMILES string of the molecule is COCC(C)(C)NCc1ccc(-n2ccnc2)cc1. The lowest BCUT2D eigenvalue weighted by Gasteiger charge is -2.25. The maximum atomic E-state index is 5.19. The molecular weight excluding hydrogens is 238 g/mol. The molecule has 4 heteroatoms. The Labute approximate surface area is 114 Å². The fraction of sp³-hybridized carbons (Fsp3) is 0.400. The minimum absolute atomic E-state index is 0.0161. The molecule has 0 spiro atoms. The quantitative estimate of drug-likeness (QED) is 0.865. The first-order valence-corrected chi connectivity index (χ1v) is 6.42. The summed E-state index contributed by atoms with van der Waals surface area (Å²) in [4.78, 5) is 4.05. The summed E-state index contributed by atoms with van der Waals surface area (Å²) in [6, 6.07) is 8.46. The Bertz CT molecular complexity index is 489. The van der Waals surface area contributed by atoms with Crippen LogP contribution in [0.2, 0.25) is 0 Å². The summed E-state index contributed by atoms with van der Waals surface area (Å²) in [6.45, 7) is 5.80. The van der Waals surface area contributed by atoms with Gasteiger partial charge in [0.15, 0.2) is 0 Å². The summed E-state index contributed by atoms with van der Waals surface area (Å²) in [5.74, 6) is 0. The molecule has 0 radical (unpaired) electrons. The van der Waals surface area contributed by atoms with Gasteiger partial charge in [0.1, 0.15) is 0 Å². The van der Waals surface area contributed by atoms with Crippen molar-refractivity contribution in [2.24, 2.45) is 0 Å². The van der Waals surface area contributed by atoms with Gasteiger partial charge in [0, 0.05) is 37.3 Å². The molecule has 0 bridgehead atoms. The number of nitrogens with one attached hydrogen (secondary N) is 1. The van der Waals surface area contributed by atoms with Crippen LogP contribution < -0.4 is 5.32 Å². The first-order chi connectivity index (χ1) is 9.11. The molecule has 2 aromatic rings. The highest BCUT2D eigenvalue weighted by Crippen LogP contribution is 2.10. The first-order valence-electron chi connectivity index (χ1n) is 6.42. The minimum Gasteiger partial charge on any atom is -0.383 e. The standard InChI is InChI=1S/C15H21N3O/c1-15(2,11-19-3)17-10-13-4-6-14(7-5-13)18-9-8-16-12-18/h4-9,12,17H,10-11H2,1-3H3. The van der Waals surface area contributed by atoms with Crippen molar-refractivity contribution in [3.63, 3.8) is 0 Å². The highest BCUT2D eigenvalue weighted by Gasteiger charge is 2.15. The summed E-state index contributed by atoms with van der Waals surface area (Å²) < 4.78 is 7.18. The molecule has 19 heavy (non-hydrogen) atoms. The van der Waals surface area contributed by atoms with Crippen molar-refractivity contribution in [2.75, 3.05) is 13.7 Å². The third-order valence-electron chi connectivity index (χ3n) is 3.02. The van der Waals surface area contributed by atoms with E-state index in [0.29, 0.717) is 6.61 Å². The van der Waals surface area contributed by atoms with Crippen molar-refractivity contribution in [1.82, 2.24) is 14.9 Å². The van der Waals surface area contributed by atoms with E-state index in [4.69, 9.17) is 4.74 Å². The molecule has 4 nitrogen and oxygen atoms in total. The molecule has 0 atom stereocenters. The van der Waals surface area contributed by atoms with Gasteiger partial charge >= 0.3 is 0 Å². The lowest BCUT2D eigenvalue weighted by Crippen LogP contribution is -2.42. The molecule has 0 aliphatic carbocycles. The maximum Gasteiger partial charge on any atom is 0.0991 e. The van der Waals surface area contributed by atoms with E-state index < -0.39 is 0 Å². The van der Waals surface area contributed by atoms with Gasteiger partial charge in [-0.15, -0.1) is 0 Å². The lowest BCUT2D eigenvalue weighted by molar-refractivity contribution is 0.128. The zero-order chi connectivity index (χ0) is 13.7. The Morgan fingerprint density at radius 3 is 2.58 bits per heavy atom. The molecule has 0 aliphatic rings. The van der Waals surface area contributed by atoms with Crippen molar-refractivity contribution >= 4 is 0 Å². The fourth-order valence-electron chi connectivity index (χ4n) is 1.95. The Morgan fingerprint density at radius 2 is 2.00 bits per heavy atom. The van der Waals surface area contributed by atoms with E-state index in [9.17, 15) is 0 Å². The number of benzene rings is 1. The average Bonchev–Trinajstić information content (AvgIpc) is 2.91. The Morgan fingerprint density at radius 1 is 1.26 bits per heavy atom. The number of hydrogen-bond acceptors (Lipinski definition) is 3. The molecule has 1 aromatic carbocycles. The van der Waals surface area contributed by atoms with E-state index in [2.05, 4.69) is 48.4 Å². The van der Waals surface area contributed by atoms with E-state index in [1.165, 1.54) is 5.56 Å². The third-order valence-corrected chi connectivity index (χ3v) is 3.02. The Kier molecular flexibility index (Phi) is 4.35. The van der Waals surface area contributed by atoms with Crippen LogP contribution >= 0.6 is 0 Å². The second kappa shape index (κ2) is 5.99. The van der Waals surface area contributed by atoms with E-state index in [1.54, 1.807) is 19.6 Å². The molecule has 102 valence electrons. The second-order valence-electron chi connectivity index (χ2n) is 5.31. The number of imidazole rings is 1. The van der Waals surface area contributed by atoms with Gasteiger partial charge in [-0.25, -0.2) is 4.98 Å². The van der Waals surface area contributed by atoms with Crippen LogP contribution in [0.25, 0.3) is 5.69 Å². The van der Waals surface area contributed by atoms with Crippen LogP contribution in [0, 0.1) is 0 Å². The zero-order valence-electron chi connectivity index (χ0n) is 11.8. The van der Waals surface area contributed by atoms with Crippen molar-refractivity contribution in [3.8, 4) is 5.69 Å². The summed E-state index contributed by atoms with van der Waals surface area (Å²) in [6.07, 6.45) is 5.52. The van der Waals surface area contributed by atoms with Crippen molar-refractivity contribution in [1.29, 1.82) is 0 Å². The fourth-order valence-corrected chi connectivity index (χ4v) is 1.95. The second-order valence-corrected chi connectivity index (χ2v) is 5.31. The van der Waals surface area contributed by atoms with Gasteiger partial charge in [0.25, 0.3) is 0 Å². The van der Waals surface area contributed by atoms with Crippen LogP contribution in [-0.2, 0) is 11.3 Å². The monoisotopic (exact) mass is 259 g/mol. The summed E-state index contributed by atoms with van der Waals surface area (Å²) in [5.41, 5.74) is 2.36. The smallest absolute Gasteiger partial charge is 0.0991 e. The van der Waals surface area contributed by atoms with Crippen LogP contribution in [0.4, 0.5) is 0 Å². The average molecular weight is 259 g/mol. The molecule has 0 amide bonds. The molecule has 0 unspecified atom stereocenters. The molecule has 0 saturated heterocycles. The van der Waals surface area contributed by atoms with Gasteiger partial charge < -0.3 is 14.6 Å². The van der Waals surface area contributed by atoms with Gasteiger partial charge in [-0.2, -0.15) is 0 Å². The number of rotatable bonds is 6. The molecule has 1 heterocycles. The van der Waals surface area contributed by atoms with Crippen molar-refractivity contribution < 1.29 is 4.74 Å². The first kappa shape index (κ1) is 13.8. The number of hydrogen-bond donors (Lipinski definition) is 1. The summed E-state index contributed by atoms with van der Waals surface area (Å²) in [5, 5.41) is 3.49. The van der Waals surface area contributed by atoms with E-state index >= 15 is 0 Å². The number of nitrogens with zero attached hydrogens (tertiary/aromatic N) is 2. The van der Waals surface area contributed by atoms with Crippen LogP contribution in [0.3, 0.4) is 0 Å². The molecule has 2 rings (SSSR count). The highest BCUT2D eigenvalue weighted by atomic mass is 16.5. The molecule has 0 saturated carbocycles. The zero-order valence-corrected chi connectivity index (χ0v) is 11.8. The van der Waals surface area contributed by atoms with Crippen molar-refractivity contribution in [3.05, 3.63) is 48.5 Å². The van der Waals surface area contributed by atoms with E-state index in [1.807, 2.05) is 10.8 Å². The highest BCUT2D eigenvalue weighted by molar-refractivity contribution is 5.34. The summed E-state index contributed by atoms with van der Waals surface area (Å²) in [7, 11) is 1.73. The van der Waals surface area contributed by atoms with Gasteiger partial charge in [0.2, 0.25) is 0 Å². The molecule has 0 fully saturated rings. The largest absolute Gasteiger partial charge is 0.383 e. The van der Waals surface area contributed by atoms with Gasteiger partial charge in [-0.05, 0) is 31.5 Å². The van der Waals surface area contributed by atoms with Crippen LogP contribution in [0.1, 0.15) is 19.4 Å². The van der Waals surface area contributed by atoms with Crippen molar-refractivity contribution in [2.45, 2.75) is 25.9 Å². The normalized spacial score (nSPS) is 11.7. The van der Waals surface area contributed by atoms with Gasteiger partial charge in [-0.1, -0.05) is 12.1 Å². The minimum atomic E-state index is -0.0161. The van der Waals surface area contributed by atoms with Gasteiger partial charge in [0.05, 0.1) is 12.9 Å². The number of ether oxygens (including phenoxy) is 1. The molecule has 1 aromatic heterocycles. The van der Waals surface area contributed by atoms with Gasteiger partial charge in [-0.3, -0.25) is 0 Å². The third kappa shape index (κ3) is 3.91. The molecule has 0 aliphatic heterocycles. The Balaban J connectivity index is 1.96. The predicted molar refractivity (Wildman–Crippen MR) is 76.4 cm³/mol. The van der Waals surface area contributed by atoms with Crippen LogP contribution in [0.5, 0.6) is 0 Å². The number of aromatic nitrogens is 2.